The van der Waals surface area contributed by atoms with Gasteiger partial charge < -0.3 is 15.0 Å². The zero-order chi connectivity index (χ0) is 14.8. The van der Waals surface area contributed by atoms with Crippen molar-refractivity contribution in [3.63, 3.8) is 0 Å². The Morgan fingerprint density at radius 2 is 1.81 bits per heavy atom. The maximum absolute atomic E-state index is 5.82. The lowest BCUT2D eigenvalue weighted by molar-refractivity contribution is 0.304. The lowest BCUT2D eigenvalue weighted by atomic mass is 10.2. The molecule has 3 heteroatoms. The predicted molar refractivity (Wildman–Crippen MR) is 90.4 cm³/mol. The molecule has 2 rings (SSSR count). The lowest BCUT2D eigenvalue weighted by Crippen LogP contribution is -2.27. The zero-order valence-electron chi connectivity index (χ0n) is 13.4. The number of hydrogen-bond donors (Lipinski definition) is 1. The van der Waals surface area contributed by atoms with E-state index in [0.717, 1.165) is 38.5 Å². The summed E-state index contributed by atoms with van der Waals surface area (Å²) in [7, 11) is 0. The van der Waals surface area contributed by atoms with Gasteiger partial charge in [0.2, 0.25) is 0 Å². The van der Waals surface area contributed by atoms with E-state index in [1.807, 2.05) is 0 Å². The summed E-state index contributed by atoms with van der Waals surface area (Å²) in [5.74, 6) is 1.00. The van der Waals surface area contributed by atoms with Gasteiger partial charge in [-0.25, -0.2) is 0 Å². The van der Waals surface area contributed by atoms with Crippen LogP contribution in [0.4, 0.5) is 5.69 Å². The van der Waals surface area contributed by atoms with Crippen LogP contribution in [0.3, 0.4) is 0 Å². The van der Waals surface area contributed by atoms with Gasteiger partial charge in [0, 0.05) is 25.3 Å². The van der Waals surface area contributed by atoms with Crippen LogP contribution < -0.4 is 15.0 Å². The molecule has 0 saturated carbocycles. The van der Waals surface area contributed by atoms with Crippen molar-refractivity contribution < 1.29 is 4.74 Å². The van der Waals surface area contributed by atoms with E-state index in [0.29, 0.717) is 0 Å². The van der Waals surface area contributed by atoms with Crippen LogP contribution in [0.25, 0.3) is 0 Å². The molecule has 1 heterocycles. The van der Waals surface area contributed by atoms with Gasteiger partial charge in [0.15, 0.2) is 0 Å². The SMILES string of the molecule is CCCCCCCOc1ccc(N2CCCNCC2)cc1. The number of rotatable bonds is 8. The average molecular weight is 290 g/mol. The Hall–Kier alpha value is -1.22. The fourth-order valence-corrected chi connectivity index (χ4v) is 2.75. The molecule has 1 N–H and O–H groups in total. The van der Waals surface area contributed by atoms with E-state index in [-0.39, 0.29) is 0 Å². The second kappa shape index (κ2) is 9.67. The van der Waals surface area contributed by atoms with Gasteiger partial charge in [0.05, 0.1) is 6.61 Å². The lowest BCUT2D eigenvalue weighted by Gasteiger charge is -2.22. The normalized spacial score (nSPS) is 15.8. The molecule has 0 unspecified atom stereocenters. The number of nitrogens with one attached hydrogen (secondary N) is 1. The van der Waals surface area contributed by atoms with Gasteiger partial charge in [-0.1, -0.05) is 32.6 Å². The van der Waals surface area contributed by atoms with Gasteiger partial charge in [-0.2, -0.15) is 0 Å². The molecule has 0 radical (unpaired) electrons. The third-order valence-electron chi connectivity index (χ3n) is 4.06. The highest BCUT2D eigenvalue weighted by Gasteiger charge is 2.09. The summed E-state index contributed by atoms with van der Waals surface area (Å²) >= 11 is 0. The highest BCUT2D eigenvalue weighted by molar-refractivity contribution is 5.49. The van der Waals surface area contributed by atoms with E-state index in [1.54, 1.807) is 0 Å². The van der Waals surface area contributed by atoms with Gasteiger partial charge in [-0.05, 0) is 43.7 Å². The summed E-state index contributed by atoms with van der Waals surface area (Å²) in [6.07, 6.45) is 7.65. The van der Waals surface area contributed by atoms with E-state index in [4.69, 9.17) is 4.74 Å². The topological polar surface area (TPSA) is 24.5 Å². The van der Waals surface area contributed by atoms with Crippen LogP contribution in [0.15, 0.2) is 24.3 Å². The van der Waals surface area contributed by atoms with Crippen LogP contribution in [-0.4, -0.2) is 32.8 Å². The Labute approximate surface area is 129 Å². The molecule has 1 aliphatic rings. The summed E-state index contributed by atoms with van der Waals surface area (Å²) in [5.41, 5.74) is 1.31. The highest BCUT2D eigenvalue weighted by atomic mass is 16.5. The fourth-order valence-electron chi connectivity index (χ4n) is 2.75. The Kier molecular flexibility index (Phi) is 7.44. The zero-order valence-corrected chi connectivity index (χ0v) is 13.4. The van der Waals surface area contributed by atoms with Crippen LogP contribution >= 0.6 is 0 Å². The van der Waals surface area contributed by atoms with Crippen LogP contribution in [0.5, 0.6) is 5.75 Å². The Morgan fingerprint density at radius 3 is 2.62 bits per heavy atom. The smallest absolute Gasteiger partial charge is 0.119 e. The highest BCUT2D eigenvalue weighted by Crippen LogP contribution is 2.20. The van der Waals surface area contributed by atoms with Crippen molar-refractivity contribution in [3.8, 4) is 5.75 Å². The van der Waals surface area contributed by atoms with Crippen molar-refractivity contribution in [2.45, 2.75) is 45.4 Å². The van der Waals surface area contributed by atoms with Gasteiger partial charge in [-0.3, -0.25) is 0 Å². The molecule has 0 atom stereocenters. The largest absolute Gasteiger partial charge is 0.494 e. The van der Waals surface area contributed by atoms with Crippen molar-refractivity contribution >= 4 is 5.69 Å². The molecule has 1 aromatic rings. The summed E-state index contributed by atoms with van der Waals surface area (Å²) < 4.78 is 5.82. The Bertz CT molecular complexity index is 369. The van der Waals surface area contributed by atoms with E-state index in [1.165, 1.54) is 44.2 Å². The second-order valence-corrected chi connectivity index (χ2v) is 5.85. The number of hydrogen-bond acceptors (Lipinski definition) is 3. The number of nitrogens with zero attached hydrogens (tertiary/aromatic N) is 1. The van der Waals surface area contributed by atoms with Gasteiger partial charge in [-0.15, -0.1) is 0 Å². The van der Waals surface area contributed by atoms with Gasteiger partial charge in [0.25, 0.3) is 0 Å². The number of unbranched alkanes of at least 4 members (excludes halogenated alkanes) is 4. The minimum Gasteiger partial charge on any atom is -0.494 e. The Balaban J connectivity index is 1.71. The summed E-state index contributed by atoms with van der Waals surface area (Å²) in [6, 6.07) is 8.61. The molecule has 1 saturated heterocycles. The average Bonchev–Trinajstić information content (AvgIpc) is 2.81. The quantitative estimate of drug-likeness (QED) is 0.736. The first-order valence-electron chi connectivity index (χ1n) is 8.58. The van der Waals surface area contributed by atoms with E-state index >= 15 is 0 Å². The van der Waals surface area contributed by atoms with Crippen LogP contribution in [0.2, 0.25) is 0 Å². The maximum atomic E-state index is 5.82. The first-order valence-corrected chi connectivity index (χ1v) is 8.58. The molecule has 0 aromatic heterocycles. The molecule has 21 heavy (non-hydrogen) atoms. The van der Waals surface area contributed by atoms with Crippen LogP contribution in [0.1, 0.15) is 45.4 Å². The molecule has 0 spiro atoms. The molecule has 118 valence electrons. The molecule has 1 aromatic carbocycles. The second-order valence-electron chi connectivity index (χ2n) is 5.85. The first-order chi connectivity index (χ1) is 10.4. The molecule has 1 aliphatic heterocycles. The van der Waals surface area contributed by atoms with Gasteiger partial charge >= 0.3 is 0 Å². The van der Waals surface area contributed by atoms with Gasteiger partial charge in [0.1, 0.15) is 5.75 Å². The third-order valence-corrected chi connectivity index (χ3v) is 4.06. The molecule has 0 aliphatic carbocycles. The number of ether oxygens (including phenoxy) is 1. The van der Waals surface area contributed by atoms with Crippen molar-refractivity contribution in [1.82, 2.24) is 5.32 Å². The van der Waals surface area contributed by atoms with Crippen LogP contribution in [-0.2, 0) is 0 Å². The summed E-state index contributed by atoms with van der Waals surface area (Å²) in [5, 5.41) is 3.44. The van der Waals surface area contributed by atoms with E-state index < -0.39 is 0 Å². The van der Waals surface area contributed by atoms with Crippen molar-refractivity contribution in [1.29, 1.82) is 0 Å². The van der Waals surface area contributed by atoms with Crippen LogP contribution in [0, 0.1) is 0 Å². The number of benzene rings is 1. The molecular weight excluding hydrogens is 260 g/mol. The molecule has 3 nitrogen and oxygen atoms in total. The fraction of sp³-hybridized carbons (Fsp3) is 0.667. The van der Waals surface area contributed by atoms with E-state index in [9.17, 15) is 0 Å². The summed E-state index contributed by atoms with van der Waals surface area (Å²) in [4.78, 5) is 2.45. The Morgan fingerprint density at radius 1 is 1.00 bits per heavy atom. The molecule has 0 amide bonds. The molecular formula is C18H30N2O. The predicted octanol–water partition coefficient (Wildman–Crippen LogP) is 3.84. The summed E-state index contributed by atoms with van der Waals surface area (Å²) in [6.45, 7) is 7.54. The van der Waals surface area contributed by atoms with Crippen molar-refractivity contribution in [2.24, 2.45) is 0 Å². The maximum Gasteiger partial charge on any atom is 0.119 e. The van der Waals surface area contributed by atoms with Crippen molar-refractivity contribution in [3.05, 3.63) is 24.3 Å². The minimum absolute atomic E-state index is 0.844. The molecule has 0 bridgehead atoms. The monoisotopic (exact) mass is 290 g/mol. The van der Waals surface area contributed by atoms with E-state index in [2.05, 4.69) is 41.4 Å². The standard InChI is InChI=1S/C18H30N2O/c1-2-3-4-5-6-16-21-18-10-8-17(9-11-18)20-14-7-12-19-13-15-20/h8-11,19H,2-7,12-16H2,1H3. The number of anilines is 1. The first kappa shape index (κ1) is 16.2. The third kappa shape index (κ3) is 5.96. The molecule has 1 fully saturated rings. The van der Waals surface area contributed by atoms with Crippen molar-refractivity contribution in [2.75, 3.05) is 37.7 Å². The minimum atomic E-state index is 0.844.